The molecular weight excluding hydrogens is 276 g/mol. The van der Waals surface area contributed by atoms with Crippen molar-refractivity contribution in [2.45, 2.75) is 6.92 Å². The number of hydrogen-bond donors (Lipinski definition) is 2. The van der Waals surface area contributed by atoms with E-state index in [2.05, 4.69) is 10.5 Å². The quantitative estimate of drug-likeness (QED) is 0.673. The number of carbonyl (C=O) groups excluding carboxylic acids is 1. The summed E-state index contributed by atoms with van der Waals surface area (Å²) in [5.41, 5.74) is 4.22. The Morgan fingerprint density at radius 1 is 1.30 bits per heavy atom. The molecule has 0 saturated heterocycles. The predicted molar refractivity (Wildman–Crippen MR) is 79.4 cm³/mol. The van der Waals surface area contributed by atoms with Crippen molar-refractivity contribution >= 4 is 23.7 Å². The third-order valence-electron chi connectivity index (χ3n) is 2.68. The summed E-state index contributed by atoms with van der Waals surface area (Å²) in [5, 5.41) is 13.7. The van der Waals surface area contributed by atoms with Crippen LogP contribution < -0.4 is 5.43 Å². The van der Waals surface area contributed by atoms with E-state index in [1.54, 1.807) is 42.5 Å². The molecule has 102 valence electrons. The highest BCUT2D eigenvalue weighted by Gasteiger charge is 2.09. The molecule has 0 aromatic heterocycles. The van der Waals surface area contributed by atoms with Gasteiger partial charge in [-0.25, -0.2) is 5.43 Å². The van der Waals surface area contributed by atoms with Crippen LogP contribution in [0.1, 0.15) is 21.5 Å². The molecule has 1 amide bonds. The van der Waals surface area contributed by atoms with Gasteiger partial charge in [-0.2, -0.15) is 5.10 Å². The maximum atomic E-state index is 11.9. The number of aromatic hydroxyl groups is 1. The van der Waals surface area contributed by atoms with Gasteiger partial charge in [-0.05, 0) is 36.8 Å². The van der Waals surface area contributed by atoms with E-state index in [1.807, 2.05) is 6.92 Å². The largest absolute Gasteiger partial charge is 0.507 e. The molecule has 4 nitrogen and oxygen atoms in total. The maximum Gasteiger partial charge on any atom is 0.272 e. The van der Waals surface area contributed by atoms with E-state index in [-0.39, 0.29) is 5.75 Å². The molecule has 2 N–H and O–H groups in total. The zero-order valence-electron chi connectivity index (χ0n) is 10.8. The first-order chi connectivity index (χ1) is 9.58. The Labute approximate surface area is 121 Å². The van der Waals surface area contributed by atoms with Gasteiger partial charge in [0.15, 0.2) is 0 Å². The number of nitrogens with one attached hydrogen (secondary N) is 1. The van der Waals surface area contributed by atoms with Gasteiger partial charge in [0.1, 0.15) is 5.75 Å². The van der Waals surface area contributed by atoms with E-state index < -0.39 is 5.91 Å². The second-order valence-corrected chi connectivity index (χ2v) is 4.65. The van der Waals surface area contributed by atoms with Crippen LogP contribution in [0.4, 0.5) is 0 Å². The summed E-state index contributed by atoms with van der Waals surface area (Å²) in [6.45, 7) is 1.89. The average molecular weight is 289 g/mol. The number of nitrogens with zero attached hydrogens (tertiary/aromatic N) is 1. The lowest BCUT2D eigenvalue weighted by Crippen LogP contribution is -2.18. The standard InChI is InChI=1S/C15H13ClN2O2/c1-10-6-7-12(13(16)8-10)15(20)18-17-9-11-4-2-3-5-14(11)19/h2-9,19H,1H3,(H,18,20). The highest BCUT2D eigenvalue weighted by molar-refractivity contribution is 6.33. The monoisotopic (exact) mass is 288 g/mol. The first-order valence-corrected chi connectivity index (χ1v) is 6.33. The van der Waals surface area contributed by atoms with Crippen LogP contribution in [-0.4, -0.2) is 17.2 Å². The number of phenolic OH excluding ortho intramolecular Hbond substituents is 1. The molecule has 0 unspecified atom stereocenters. The molecule has 0 spiro atoms. The van der Waals surface area contributed by atoms with Gasteiger partial charge in [0.2, 0.25) is 0 Å². The topological polar surface area (TPSA) is 61.7 Å². The number of benzene rings is 2. The van der Waals surface area contributed by atoms with Gasteiger partial charge in [0.25, 0.3) is 5.91 Å². The van der Waals surface area contributed by atoms with Crippen LogP contribution in [0.2, 0.25) is 5.02 Å². The fourth-order valence-corrected chi connectivity index (χ4v) is 1.94. The molecule has 2 aromatic carbocycles. The van der Waals surface area contributed by atoms with Crippen molar-refractivity contribution in [2.75, 3.05) is 0 Å². The number of hydrazone groups is 1. The van der Waals surface area contributed by atoms with E-state index >= 15 is 0 Å². The summed E-state index contributed by atoms with van der Waals surface area (Å²) in [4.78, 5) is 11.9. The van der Waals surface area contributed by atoms with E-state index in [1.165, 1.54) is 6.21 Å². The minimum Gasteiger partial charge on any atom is -0.507 e. The van der Waals surface area contributed by atoms with Gasteiger partial charge >= 0.3 is 0 Å². The van der Waals surface area contributed by atoms with Crippen molar-refractivity contribution in [3.8, 4) is 5.75 Å². The van der Waals surface area contributed by atoms with Crippen LogP contribution in [0.15, 0.2) is 47.6 Å². The minimum atomic E-state index is -0.401. The summed E-state index contributed by atoms with van der Waals surface area (Å²) in [6.07, 6.45) is 1.37. The van der Waals surface area contributed by atoms with Crippen molar-refractivity contribution in [1.82, 2.24) is 5.43 Å². The zero-order valence-corrected chi connectivity index (χ0v) is 11.6. The fourth-order valence-electron chi connectivity index (χ4n) is 1.62. The number of hydrogen-bond acceptors (Lipinski definition) is 3. The Bertz CT molecular complexity index is 669. The highest BCUT2D eigenvalue weighted by atomic mass is 35.5. The number of rotatable bonds is 3. The Morgan fingerprint density at radius 2 is 2.05 bits per heavy atom. The molecule has 0 aliphatic carbocycles. The van der Waals surface area contributed by atoms with Gasteiger partial charge < -0.3 is 5.11 Å². The van der Waals surface area contributed by atoms with Crippen LogP contribution in [0.25, 0.3) is 0 Å². The number of halogens is 1. The minimum absolute atomic E-state index is 0.0962. The molecule has 0 saturated carbocycles. The number of amides is 1. The first kappa shape index (κ1) is 14.1. The van der Waals surface area contributed by atoms with Gasteiger partial charge in [0, 0.05) is 5.56 Å². The second kappa shape index (κ2) is 6.21. The molecule has 0 fully saturated rings. The fraction of sp³-hybridized carbons (Fsp3) is 0.0667. The van der Waals surface area contributed by atoms with Crippen molar-refractivity contribution in [3.05, 3.63) is 64.2 Å². The molecule has 0 atom stereocenters. The number of phenols is 1. The molecule has 0 bridgehead atoms. The normalized spacial score (nSPS) is 10.7. The molecule has 5 heteroatoms. The molecule has 0 aliphatic rings. The second-order valence-electron chi connectivity index (χ2n) is 4.24. The average Bonchev–Trinajstić information content (AvgIpc) is 2.40. The number of carbonyl (C=O) groups is 1. The third-order valence-corrected chi connectivity index (χ3v) is 2.99. The molecule has 2 aromatic rings. The van der Waals surface area contributed by atoms with Gasteiger partial charge in [-0.1, -0.05) is 29.8 Å². The van der Waals surface area contributed by atoms with Crippen LogP contribution in [-0.2, 0) is 0 Å². The molecule has 0 heterocycles. The molecule has 0 radical (unpaired) electrons. The lowest BCUT2D eigenvalue weighted by molar-refractivity contribution is 0.0955. The smallest absolute Gasteiger partial charge is 0.272 e. The highest BCUT2D eigenvalue weighted by Crippen LogP contribution is 2.17. The summed E-state index contributed by atoms with van der Waals surface area (Å²) < 4.78 is 0. The van der Waals surface area contributed by atoms with E-state index in [0.29, 0.717) is 16.1 Å². The molecule has 2 rings (SSSR count). The van der Waals surface area contributed by atoms with Crippen molar-refractivity contribution < 1.29 is 9.90 Å². The van der Waals surface area contributed by atoms with Gasteiger partial charge in [-0.15, -0.1) is 0 Å². The van der Waals surface area contributed by atoms with E-state index in [9.17, 15) is 9.90 Å². The van der Waals surface area contributed by atoms with Gasteiger partial charge in [-0.3, -0.25) is 4.79 Å². The van der Waals surface area contributed by atoms with Crippen LogP contribution >= 0.6 is 11.6 Å². The van der Waals surface area contributed by atoms with Crippen LogP contribution in [0.3, 0.4) is 0 Å². The summed E-state index contributed by atoms with van der Waals surface area (Å²) in [5.74, 6) is -0.305. The summed E-state index contributed by atoms with van der Waals surface area (Å²) in [7, 11) is 0. The number of aryl methyl sites for hydroxylation is 1. The molecular formula is C15H13ClN2O2. The predicted octanol–water partition coefficient (Wildman–Crippen LogP) is 3.12. The van der Waals surface area contributed by atoms with Crippen molar-refractivity contribution in [1.29, 1.82) is 0 Å². The lowest BCUT2D eigenvalue weighted by atomic mass is 10.1. The van der Waals surface area contributed by atoms with E-state index in [0.717, 1.165) is 5.56 Å². The van der Waals surface area contributed by atoms with Crippen molar-refractivity contribution in [3.63, 3.8) is 0 Å². The summed E-state index contributed by atoms with van der Waals surface area (Å²) in [6, 6.07) is 11.8. The zero-order chi connectivity index (χ0) is 14.5. The number of para-hydroxylation sites is 1. The maximum absolute atomic E-state index is 11.9. The Morgan fingerprint density at radius 3 is 2.75 bits per heavy atom. The van der Waals surface area contributed by atoms with Crippen molar-refractivity contribution in [2.24, 2.45) is 5.10 Å². The van der Waals surface area contributed by atoms with Crippen LogP contribution in [0, 0.1) is 6.92 Å². The Kier molecular flexibility index (Phi) is 4.38. The van der Waals surface area contributed by atoms with E-state index in [4.69, 9.17) is 11.6 Å². The Balaban J connectivity index is 2.07. The SMILES string of the molecule is Cc1ccc(C(=O)NN=Cc2ccccc2O)c(Cl)c1. The summed E-state index contributed by atoms with van der Waals surface area (Å²) >= 11 is 5.99. The molecule has 20 heavy (non-hydrogen) atoms. The Hall–Kier alpha value is -2.33. The molecule has 0 aliphatic heterocycles. The van der Waals surface area contributed by atoms with Crippen LogP contribution in [0.5, 0.6) is 5.75 Å². The third kappa shape index (κ3) is 3.36. The van der Waals surface area contributed by atoms with Gasteiger partial charge in [0.05, 0.1) is 16.8 Å². The first-order valence-electron chi connectivity index (χ1n) is 5.95. The lowest BCUT2D eigenvalue weighted by Gasteiger charge is -2.03.